The van der Waals surface area contributed by atoms with E-state index in [4.69, 9.17) is 5.73 Å². The summed E-state index contributed by atoms with van der Waals surface area (Å²) in [5, 5.41) is 0. The maximum absolute atomic E-state index is 5.99. The zero-order valence-corrected chi connectivity index (χ0v) is 11.9. The Balaban J connectivity index is 2.52. The van der Waals surface area contributed by atoms with Crippen LogP contribution in [0.4, 0.5) is 5.69 Å². The number of anilines is 1. The Morgan fingerprint density at radius 1 is 1.18 bits per heavy atom. The number of nitrogens with two attached hydrogens (primary N) is 1. The fourth-order valence-corrected chi connectivity index (χ4v) is 1.86. The van der Waals surface area contributed by atoms with Gasteiger partial charge in [0.25, 0.3) is 0 Å². The molecule has 96 valence electrons. The van der Waals surface area contributed by atoms with Crippen LogP contribution in [0.5, 0.6) is 0 Å². The van der Waals surface area contributed by atoms with Gasteiger partial charge in [-0.2, -0.15) is 0 Å². The largest absolute Gasteiger partial charge is 0.375 e. The second kappa shape index (κ2) is 5.54. The van der Waals surface area contributed by atoms with Gasteiger partial charge in [-0.25, -0.2) is 0 Å². The molecule has 0 radical (unpaired) electrons. The maximum atomic E-state index is 5.99. The van der Waals surface area contributed by atoms with E-state index in [9.17, 15) is 0 Å². The molecule has 0 bridgehead atoms. The van der Waals surface area contributed by atoms with Crippen LogP contribution in [0.2, 0.25) is 0 Å². The minimum absolute atomic E-state index is 0.0516. The number of rotatable bonds is 5. The smallest absolute Gasteiger partial charge is 0.0366 e. The molecule has 0 unspecified atom stereocenters. The molecular formula is C15H26N2. The van der Waals surface area contributed by atoms with E-state index in [2.05, 4.69) is 57.8 Å². The minimum Gasteiger partial charge on any atom is -0.375 e. The molecule has 17 heavy (non-hydrogen) atoms. The van der Waals surface area contributed by atoms with Gasteiger partial charge in [0.15, 0.2) is 0 Å². The van der Waals surface area contributed by atoms with Crippen molar-refractivity contribution in [3.8, 4) is 0 Å². The lowest BCUT2D eigenvalue weighted by Gasteiger charge is -2.23. The van der Waals surface area contributed by atoms with E-state index in [1.54, 1.807) is 0 Å². The third kappa shape index (κ3) is 4.78. The van der Waals surface area contributed by atoms with Crippen LogP contribution < -0.4 is 10.6 Å². The number of hydrogen-bond donors (Lipinski definition) is 1. The standard InChI is InChI=1S/C15H26N2/c1-12-7-8-14(11-13(12)2)17(5)10-6-9-15(3,4)16/h7-8,11H,6,9-10,16H2,1-5H3. The van der Waals surface area contributed by atoms with Crippen LogP contribution in [0.15, 0.2) is 18.2 Å². The predicted octanol–water partition coefficient (Wildman–Crippen LogP) is 3.26. The summed E-state index contributed by atoms with van der Waals surface area (Å²) in [5.74, 6) is 0. The molecule has 1 aromatic rings. The summed E-state index contributed by atoms with van der Waals surface area (Å²) in [5.41, 5.74) is 9.94. The monoisotopic (exact) mass is 234 g/mol. The number of nitrogens with zero attached hydrogens (tertiary/aromatic N) is 1. The quantitative estimate of drug-likeness (QED) is 0.847. The molecule has 2 N–H and O–H groups in total. The van der Waals surface area contributed by atoms with Gasteiger partial charge in [-0.3, -0.25) is 0 Å². The van der Waals surface area contributed by atoms with Crippen molar-refractivity contribution in [1.29, 1.82) is 0 Å². The van der Waals surface area contributed by atoms with Gasteiger partial charge in [0.05, 0.1) is 0 Å². The average Bonchev–Trinajstić information content (AvgIpc) is 2.20. The first-order chi connectivity index (χ1) is 7.79. The van der Waals surface area contributed by atoms with Gasteiger partial charge in [0, 0.05) is 24.8 Å². The van der Waals surface area contributed by atoms with Crippen LogP contribution in [-0.2, 0) is 0 Å². The summed E-state index contributed by atoms with van der Waals surface area (Å²) in [4.78, 5) is 2.30. The highest BCUT2D eigenvalue weighted by atomic mass is 15.1. The molecule has 0 atom stereocenters. The van der Waals surface area contributed by atoms with Gasteiger partial charge >= 0.3 is 0 Å². The molecule has 0 aromatic heterocycles. The Morgan fingerprint density at radius 2 is 1.82 bits per heavy atom. The molecule has 1 rings (SSSR count). The highest BCUT2D eigenvalue weighted by Crippen LogP contribution is 2.18. The van der Waals surface area contributed by atoms with Crippen molar-refractivity contribution in [2.45, 2.75) is 46.1 Å². The summed E-state index contributed by atoms with van der Waals surface area (Å²) in [7, 11) is 2.15. The van der Waals surface area contributed by atoms with E-state index in [0.29, 0.717) is 0 Å². The second-order valence-corrected chi connectivity index (χ2v) is 5.78. The molecule has 0 aliphatic rings. The molecule has 0 amide bonds. The first-order valence-corrected chi connectivity index (χ1v) is 6.37. The first kappa shape index (κ1) is 14.0. The summed E-state index contributed by atoms with van der Waals surface area (Å²) in [6.45, 7) is 9.54. The van der Waals surface area contributed by atoms with Crippen LogP contribution in [0, 0.1) is 13.8 Å². The highest BCUT2D eigenvalue weighted by Gasteiger charge is 2.10. The van der Waals surface area contributed by atoms with Crippen molar-refractivity contribution >= 4 is 5.69 Å². The van der Waals surface area contributed by atoms with Crippen molar-refractivity contribution < 1.29 is 0 Å². The van der Waals surface area contributed by atoms with E-state index >= 15 is 0 Å². The molecule has 0 heterocycles. The predicted molar refractivity (Wildman–Crippen MR) is 76.7 cm³/mol. The lowest BCUT2D eigenvalue weighted by Crippen LogP contribution is -2.33. The summed E-state index contributed by atoms with van der Waals surface area (Å²) < 4.78 is 0. The topological polar surface area (TPSA) is 29.3 Å². The van der Waals surface area contributed by atoms with Gasteiger partial charge < -0.3 is 10.6 Å². The second-order valence-electron chi connectivity index (χ2n) is 5.78. The van der Waals surface area contributed by atoms with Crippen molar-refractivity contribution in [2.75, 3.05) is 18.5 Å². The normalized spacial score (nSPS) is 11.6. The van der Waals surface area contributed by atoms with E-state index in [1.807, 2.05) is 0 Å². The number of benzene rings is 1. The third-order valence-electron chi connectivity index (χ3n) is 3.25. The van der Waals surface area contributed by atoms with Crippen molar-refractivity contribution in [2.24, 2.45) is 5.73 Å². The van der Waals surface area contributed by atoms with Crippen molar-refractivity contribution in [3.63, 3.8) is 0 Å². The fraction of sp³-hybridized carbons (Fsp3) is 0.600. The van der Waals surface area contributed by atoms with Gasteiger partial charge in [0.1, 0.15) is 0 Å². The summed E-state index contributed by atoms with van der Waals surface area (Å²) >= 11 is 0. The summed E-state index contributed by atoms with van der Waals surface area (Å²) in [6.07, 6.45) is 2.19. The van der Waals surface area contributed by atoms with Gasteiger partial charge in [-0.1, -0.05) is 6.07 Å². The Kier molecular flexibility index (Phi) is 4.58. The molecule has 0 saturated carbocycles. The average molecular weight is 234 g/mol. The van der Waals surface area contributed by atoms with E-state index in [0.717, 1.165) is 19.4 Å². The minimum atomic E-state index is -0.0516. The Bertz CT molecular complexity index is 364. The molecule has 1 aromatic carbocycles. The SMILES string of the molecule is Cc1ccc(N(C)CCCC(C)(C)N)cc1C. The van der Waals surface area contributed by atoms with Crippen molar-refractivity contribution in [3.05, 3.63) is 29.3 Å². The molecule has 2 heteroatoms. The molecule has 0 fully saturated rings. The van der Waals surface area contributed by atoms with Crippen LogP contribution in [0.1, 0.15) is 37.8 Å². The molecular weight excluding hydrogens is 208 g/mol. The van der Waals surface area contributed by atoms with Crippen LogP contribution >= 0.6 is 0 Å². The molecule has 0 aliphatic heterocycles. The zero-order chi connectivity index (χ0) is 13.1. The third-order valence-corrected chi connectivity index (χ3v) is 3.25. The Hall–Kier alpha value is -1.02. The highest BCUT2D eigenvalue weighted by molar-refractivity contribution is 5.49. The number of hydrogen-bond acceptors (Lipinski definition) is 2. The molecule has 2 nitrogen and oxygen atoms in total. The van der Waals surface area contributed by atoms with Crippen LogP contribution in [0.3, 0.4) is 0 Å². The van der Waals surface area contributed by atoms with E-state index in [1.165, 1.54) is 16.8 Å². The van der Waals surface area contributed by atoms with Crippen molar-refractivity contribution in [1.82, 2.24) is 0 Å². The lowest BCUT2D eigenvalue weighted by molar-refractivity contribution is 0.460. The molecule has 0 aliphatic carbocycles. The van der Waals surface area contributed by atoms with Gasteiger partial charge in [0.2, 0.25) is 0 Å². The molecule has 0 spiro atoms. The van der Waals surface area contributed by atoms with Crippen LogP contribution in [-0.4, -0.2) is 19.1 Å². The maximum Gasteiger partial charge on any atom is 0.0366 e. The van der Waals surface area contributed by atoms with Crippen LogP contribution in [0.25, 0.3) is 0 Å². The first-order valence-electron chi connectivity index (χ1n) is 6.37. The summed E-state index contributed by atoms with van der Waals surface area (Å²) in [6, 6.07) is 6.63. The number of aryl methyl sites for hydroxylation is 2. The lowest BCUT2D eigenvalue weighted by atomic mass is 10.00. The molecule has 0 saturated heterocycles. The van der Waals surface area contributed by atoms with Gasteiger partial charge in [-0.05, 0) is 63.8 Å². The fourth-order valence-electron chi connectivity index (χ4n) is 1.86. The Morgan fingerprint density at radius 3 is 2.35 bits per heavy atom. The zero-order valence-electron chi connectivity index (χ0n) is 11.9. The Labute approximate surface area is 106 Å². The van der Waals surface area contributed by atoms with Gasteiger partial charge in [-0.15, -0.1) is 0 Å². The van der Waals surface area contributed by atoms with E-state index < -0.39 is 0 Å². The van der Waals surface area contributed by atoms with E-state index in [-0.39, 0.29) is 5.54 Å².